The van der Waals surface area contributed by atoms with Crippen LogP contribution in [0.1, 0.15) is 22.8 Å². The molecule has 0 saturated carbocycles. The molecule has 0 aliphatic heterocycles. The summed E-state index contributed by atoms with van der Waals surface area (Å²) in [5.41, 5.74) is 1.16. The second-order valence-electron chi connectivity index (χ2n) is 6.40. The van der Waals surface area contributed by atoms with Crippen LogP contribution >= 0.6 is 0 Å². The first kappa shape index (κ1) is 20.6. The highest BCUT2D eigenvalue weighted by atomic mass is 32.2. The van der Waals surface area contributed by atoms with Crippen molar-refractivity contribution in [3.05, 3.63) is 65.7 Å². The molecule has 7 heteroatoms. The molecule has 27 heavy (non-hydrogen) atoms. The first-order valence-corrected chi connectivity index (χ1v) is 10.3. The Morgan fingerprint density at radius 3 is 2.33 bits per heavy atom. The predicted octanol–water partition coefficient (Wildman–Crippen LogP) is 2.54. The van der Waals surface area contributed by atoms with Gasteiger partial charge in [0, 0.05) is 24.9 Å². The van der Waals surface area contributed by atoms with Crippen molar-refractivity contribution in [3.63, 3.8) is 0 Å². The molecule has 2 aromatic rings. The van der Waals surface area contributed by atoms with E-state index in [0.717, 1.165) is 11.8 Å². The van der Waals surface area contributed by atoms with Gasteiger partial charge in [0.15, 0.2) is 9.84 Å². The Morgan fingerprint density at radius 2 is 1.74 bits per heavy atom. The van der Waals surface area contributed by atoms with Crippen molar-refractivity contribution < 1.29 is 22.7 Å². The Morgan fingerprint density at radius 1 is 1.07 bits per heavy atom. The molecule has 0 bridgehead atoms. The highest BCUT2D eigenvalue weighted by Gasteiger charge is 2.23. The summed E-state index contributed by atoms with van der Waals surface area (Å²) in [6, 6.07) is 15.3. The zero-order valence-corrected chi connectivity index (χ0v) is 16.4. The van der Waals surface area contributed by atoms with Gasteiger partial charge in [-0.3, -0.25) is 9.59 Å². The fraction of sp³-hybridized carbons (Fsp3) is 0.300. The molecular weight excluding hydrogens is 366 g/mol. The molecule has 0 radical (unpaired) electrons. The lowest BCUT2D eigenvalue weighted by Crippen LogP contribution is -2.37. The number of carbonyl (C=O) groups is 2. The second-order valence-corrected chi connectivity index (χ2v) is 8.41. The molecule has 0 aromatic heterocycles. The average molecular weight is 389 g/mol. The Balaban J connectivity index is 2.34. The van der Waals surface area contributed by atoms with Crippen LogP contribution in [0.3, 0.4) is 0 Å². The van der Waals surface area contributed by atoms with Gasteiger partial charge in [0.05, 0.1) is 17.9 Å². The highest BCUT2D eigenvalue weighted by molar-refractivity contribution is 7.90. The van der Waals surface area contributed by atoms with Gasteiger partial charge in [0.25, 0.3) is 5.91 Å². The average Bonchev–Trinajstić information content (AvgIpc) is 2.66. The van der Waals surface area contributed by atoms with Crippen LogP contribution < -0.4 is 0 Å². The maximum atomic E-state index is 13.1. The highest BCUT2D eigenvalue weighted by Crippen LogP contribution is 2.17. The number of sulfone groups is 1. The van der Waals surface area contributed by atoms with Gasteiger partial charge in [0.2, 0.25) is 0 Å². The summed E-state index contributed by atoms with van der Waals surface area (Å²) >= 11 is 0. The summed E-state index contributed by atoms with van der Waals surface area (Å²) in [5.74, 6) is -1.27. The quantitative estimate of drug-likeness (QED) is 0.680. The van der Waals surface area contributed by atoms with Crippen LogP contribution in [0.25, 0.3) is 0 Å². The van der Waals surface area contributed by atoms with E-state index >= 15 is 0 Å². The van der Waals surface area contributed by atoms with Gasteiger partial charge in [0.1, 0.15) is 0 Å². The molecule has 0 saturated heterocycles. The zero-order valence-electron chi connectivity index (χ0n) is 15.6. The molecule has 0 fully saturated rings. The number of carbonyl (C=O) groups excluding carboxylic acids is 2. The minimum Gasteiger partial charge on any atom is -0.469 e. The standard InChI is InChI=1S/C20H23NO5S/c1-15(20(23)26-2)13-21(14-16-8-5-4-6-9-16)19(22)17-10-7-11-18(12-17)27(3,24)25/h4-12,15H,13-14H2,1-3H3. The zero-order chi connectivity index (χ0) is 20.0. The maximum Gasteiger partial charge on any atom is 0.310 e. The lowest BCUT2D eigenvalue weighted by molar-refractivity contribution is -0.145. The van der Waals surface area contributed by atoms with E-state index in [2.05, 4.69) is 0 Å². The van der Waals surface area contributed by atoms with Crippen LogP contribution in [0, 0.1) is 5.92 Å². The Kier molecular flexibility index (Phi) is 6.74. The van der Waals surface area contributed by atoms with E-state index in [1.807, 2.05) is 30.3 Å². The van der Waals surface area contributed by atoms with Crippen molar-refractivity contribution >= 4 is 21.7 Å². The lowest BCUT2D eigenvalue weighted by Gasteiger charge is -2.25. The smallest absolute Gasteiger partial charge is 0.310 e. The van der Waals surface area contributed by atoms with Crippen LogP contribution in [0.2, 0.25) is 0 Å². The fourth-order valence-corrected chi connectivity index (χ4v) is 3.34. The molecule has 0 N–H and O–H groups in total. The monoisotopic (exact) mass is 389 g/mol. The minimum absolute atomic E-state index is 0.0778. The van der Waals surface area contributed by atoms with Crippen molar-refractivity contribution in [2.45, 2.75) is 18.4 Å². The molecule has 2 aromatic carbocycles. The van der Waals surface area contributed by atoms with Crippen molar-refractivity contribution in [2.75, 3.05) is 19.9 Å². The summed E-state index contributed by atoms with van der Waals surface area (Å²) in [4.78, 5) is 26.5. The van der Waals surface area contributed by atoms with Crippen LogP contribution in [-0.2, 0) is 25.9 Å². The third-order valence-electron chi connectivity index (χ3n) is 4.11. The van der Waals surface area contributed by atoms with Crippen LogP contribution in [-0.4, -0.2) is 45.1 Å². The van der Waals surface area contributed by atoms with E-state index < -0.39 is 21.7 Å². The maximum absolute atomic E-state index is 13.1. The van der Waals surface area contributed by atoms with Crippen molar-refractivity contribution in [1.82, 2.24) is 4.90 Å². The first-order valence-electron chi connectivity index (χ1n) is 8.43. The van der Waals surface area contributed by atoms with Gasteiger partial charge in [-0.15, -0.1) is 0 Å². The fourth-order valence-electron chi connectivity index (χ4n) is 2.67. The van der Waals surface area contributed by atoms with Crippen molar-refractivity contribution in [1.29, 1.82) is 0 Å². The summed E-state index contributed by atoms with van der Waals surface area (Å²) in [6.45, 7) is 2.14. The number of ether oxygens (including phenoxy) is 1. The summed E-state index contributed by atoms with van der Waals surface area (Å²) in [7, 11) is -2.13. The number of hydrogen-bond donors (Lipinski definition) is 0. The molecule has 0 aliphatic rings. The van der Waals surface area contributed by atoms with Gasteiger partial charge in [-0.2, -0.15) is 0 Å². The van der Waals surface area contributed by atoms with E-state index in [1.165, 1.54) is 30.2 Å². The molecule has 1 unspecified atom stereocenters. The third kappa shape index (κ3) is 5.65. The topological polar surface area (TPSA) is 80.8 Å². The van der Waals surface area contributed by atoms with Gasteiger partial charge in [-0.25, -0.2) is 8.42 Å². The summed E-state index contributed by atoms with van der Waals surface area (Å²) in [6.07, 6.45) is 1.09. The first-order chi connectivity index (χ1) is 12.7. The molecule has 2 rings (SSSR count). The summed E-state index contributed by atoms with van der Waals surface area (Å²) in [5, 5.41) is 0. The number of rotatable bonds is 7. The largest absolute Gasteiger partial charge is 0.469 e. The molecule has 0 aliphatic carbocycles. The normalized spacial score (nSPS) is 12.3. The molecule has 0 heterocycles. The number of esters is 1. The van der Waals surface area contributed by atoms with Crippen LogP contribution in [0.15, 0.2) is 59.5 Å². The molecule has 0 spiro atoms. The number of benzene rings is 2. The predicted molar refractivity (Wildman–Crippen MR) is 102 cm³/mol. The second kappa shape index (κ2) is 8.81. The van der Waals surface area contributed by atoms with Crippen LogP contribution in [0.4, 0.5) is 0 Å². The molecular formula is C20H23NO5S. The van der Waals surface area contributed by atoms with Gasteiger partial charge < -0.3 is 9.64 Å². The number of methoxy groups -OCH3 is 1. The van der Waals surface area contributed by atoms with E-state index in [9.17, 15) is 18.0 Å². The number of amides is 1. The molecule has 144 valence electrons. The van der Waals surface area contributed by atoms with E-state index in [4.69, 9.17) is 4.74 Å². The van der Waals surface area contributed by atoms with E-state index in [-0.39, 0.29) is 22.9 Å². The third-order valence-corrected chi connectivity index (χ3v) is 5.22. The van der Waals surface area contributed by atoms with E-state index in [0.29, 0.717) is 6.54 Å². The SMILES string of the molecule is COC(=O)C(C)CN(Cc1ccccc1)C(=O)c1cccc(S(C)(=O)=O)c1. The lowest BCUT2D eigenvalue weighted by atomic mass is 10.1. The number of hydrogen-bond acceptors (Lipinski definition) is 5. The number of nitrogens with zero attached hydrogens (tertiary/aromatic N) is 1. The minimum atomic E-state index is -3.43. The van der Waals surface area contributed by atoms with Gasteiger partial charge in [-0.05, 0) is 23.8 Å². The molecule has 1 atom stereocenters. The Labute approximate surface area is 159 Å². The van der Waals surface area contributed by atoms with Gasteiger partial charge in [-0.1, -0.05) is 43.3 Å². The van der Waals surface area contributed by atoms with Crippen molar-refractivity contribution in [3.8, 4) is 0 Å². The Hall–Kier alpha value is -2.67. The Bertz CT molecular complexity index is 909. The molecule has 6 nitrogen and oxygen atoms in total. The van der Waals surface area contributed by atoms with Gasteiger partial charge >= 0.3 is 5.97 Å². The van der Waals surface area contributed by atoms with E-state index in [1.54, 1.807) is 13.0 Å². The van der Waals surface area contributed by atoms with Crippen LogP contribution in [0.5, 0.6) is 0 Å². The van der Waals surface area contributed by atoms with Crippen molar-refractivity contribution in [2.24, 2.45) is 5.92 Å². The molecule has 1 amide bonds. The summed E-state index contributed by atoms with van der Waals surface area (Å²) < 4.78 is 28.3.